The summed E-state index contributed by atoms with van der Waals surface area (Å²) < 4.78 is 10.7. The number of ether oxygens (including phenoxy) is 2. The maximum absolute atomic E-state index is 11.3. The molecule has 0 atom stereocenters. The van der Waals surface area contributed by atoms with Crippen molar-refractivity contribution < 1.29 is 14.3 Å². The van der Waals surface area contributed by atoms with E-state index in [4.69, 9.17) is 15.2 Å². The fraction of sp³-hybridized carbons (Fsp3) is 0.400. The van der Waals surface area contributed by atoms with Crippen molar-refractivity contribution in [2.45, 2.75) is 32.8 Å². The highest BCUT2D eigenvalue weighted by atomic mass is 16.5. The van der Waals surface area contributed by atoms with Crippen LogP contribution in [0.25, 0.3) is 0 Å². The first-order valence-electron chi connectivity index (χ1n) is 6.26. The van der Waals surface area contributed by atoms with Gasteiger partial charge in [-0.15, -0.1) is 0 Å². The normalized spacial score (nSPS) is 14.9. The minimum absolute atomic E-state index is 0.284. The van der Waals surface area contributed by atoms with E-state index in [2.05, 4.69) is 12.6 Å². The van der Waals surface area contributed by atoms with Crippen LogP contribution in [-0.4, -0.2) is 12.6 Å². The van der Waals surface area contributed by atoms with Gasteiger partial charge in [0.1, 0.15) is 5.60 Å². The molecule has 0 spiro atoms. The number of fused-ring (bicyclic) bond motifs is 1. The van der Waals surface area contributed by atoms with E-state index < -0.39 is 0 Å². The molecule has 0 amide bonds. The molecule has 0 fully saturated rings. The number of hydrogen-bond donors (Lipinski definition) is 1. The Morgan fingerprint density at radius 1 is 1.47 bits per heavy atom. The monoisotopic (exact) mass is 261 g/mol. The summed E-state index contributed by atoms with van der Waals surface area (Å²) in [5, 5.41) is 0. The van der Waals surface area contributed by atoms with E-state index in [9.17, 15) is 4.79 Å². The zero-order valence-corrected chi connectivity index (χ0v) is 11.6. The predicted octanol–water partition coefficient (Wildman–Crippen LogP) is 2.56. The van der Waals surface area contributed by atoms with Crippen LogP contribution >= 0.6 is 0 Å². The van der Waals surface area contributed by atoms with Gasteiger partial charge in [-0.25, -0.2) is 4.79 Å². The number of anilines is 1. The van der Waals surface area contributed by atoms with Crippen molar-refractivity contribution in [3.8, 4) is 5.75 Å². The van der Waals surface area contributed by atoms with Crippen molar-refractivity contribution >= 4 is 11.7 Å². The lowest BCUT2D eigenvalue weighted by Crippen LogP contribution is -2.36. The molecule has 0 radical (unpaired) electrons. The van der Waals surface area contributed by atoms with Crippen LogP contribution in [0.1, 0.15) is 31.9 Å². The van der Waals surface area contributed by atoms with Gasteiger partial charge in [0.15, 0.2) is 5.75 Å². The van der Waals surface area contributed by atoms with Crippen LogP contribution in [0.4, 0.5) is 5.69 Å². The Morgan fingerprint density at radius 2 is 2.16 bits per heavy atom. The molecule has 0 unspecified atom stereocenters. The number of hydrogen-bond acceptors (Lipinski definition) is 4. The summed E-state index contributed by atoms with van der Waals surface area (Å²) in [6.45, 7) is 9.49. The molecule has 0 saturated heterocycles. The van der Waals surface area contributed by atoms with Crippen molar-refractivity contribution in [1.82, 2.24) is 0 Å². The minimum atomic E-state index is -0.361. The Bertz CT molecular complexity index is 547. The van der Waals surface area contributed by atoms with Gasteiger partial charge >= 0.3 is 5.97 Å². The van der Waals surface area contributed by atoms with E-state index in [1.165, 1.54) is 0 Å². The summed E-state index contributed by atoms with van der Waals surface area (Å²) in [5.74, 6) is 0.410. The Balaban J connectivity index is 2.03. The first kappa shape index (κ1) is 13.5. The number of nitrogen functional groups attached to an aromatic ring is 1. The Kier molecular flexibility index (Phi) is 3.27. The van der Waals surface area contributed by atoms with Crippen molar-refractivity contribution in [1.29, 1.82) is 0 Å². The summed E-state index contributed by atoms with van der Waals surface area (Å²) in [6, 6.07) is 3.92. The van der Waals surface area contributed by atoms with E-state index in [1.54, 1.807) is 6.92 Å². The number of rotatable bonds is 4. The van der Waals surface area contributed by atoms with Gasteiger partial charge in [0.25, 0.3) is 0 Å². The van der Waals surface area contributed by atoms with Gasteiger partial charge in [-0.05, 0) is 38.5 Å². The molecule has 4 heteroatoms. The summed E-state index contributed by atoms with van der Waals surface area (Å²) in [4.78, 5) is 11.3. The lowest BCUT2D eigenvalue weighted by Gasteiger charge is -2.39. The third kappa shape index (κ3) is 2.57. The molecule has 1 aliphatic heterocycles. The number of carbonyl (C=O) groups is 1. The second-order valence-electron chi connectivity index (χ2n) is 5.34. The lowest BCUT2D eigenvalue weighted by atomic mass is 9.88. The van der Waals surface area contributed by atoms with Crippen molar-refractivity contribution in [2.24, 2.45) is 0 Å². The average molecular weight is 261 g/mol. The van der Waals surface area contributed by atoms with Crippen molar-refractivity contribution in [3.05, 3.63) is 35.4 Å². The molecule has 0 aliphatic carbocycles. The van der Waals surface area contributed by atoms with E-state index in [0.717, 1.165) is 16.9 Å². The SMILES string of the molecule is C=C(C)C(=O)OCCc1cc(N)c2c(c1)C(C)(C)O2. The fourth-order valence-electron chi connectivity index (χ4n) is 2.07. The molecule has 1 aliphatic rings. The molecule has 1 heterocycles. The number of esters is 1. The predicted molar refractivity (Wildman–Crippen MR) is 74.0 cm³/mol. The molecular weight excluding hydrogens is 242 g/mol. The molecule has 4 nitrogen and oxygen atoms in total. The molecule has 2 rings (SSSR count). The molecule has 1 aromatic rings. The zero-order valence-electron chi connectivity index (χ0n) is 11.6. The number of nitrogens with two attached hydrogens (primary N) is 1. The highest BCUT2D eigenvalue weighted by Gasteiger charge is 2.38. The smallest absolute Gasteiger partial charge is 0.333 e. The summed E-state index contributed by atoms with van der Waals surface area (Å²) in [7, 11) is 0. The molecular formula is C15H19NO3. The summed E-state index contributed by atoms with van der Waals surface area (Å²) in [5.41, 5.74) is 8.84. The Hall–Kier alpha value is -1.97. The van der Waals surface area contributed by atoms with Crippen LogP contribution in [0, 0.1) is 0 Å². The highest BCUT2D eigenvalue weighted by Crippen LogP contribution is 2.47. The molecule has 0 saturated carbocycles. The lowest BCUT2D eigenvalue weighted by molar-refractivity contribution is -0.138. The third-order valence-electron chi connectivity index (χ3n) is 3.16. The van der Waals surface area contributed by atoms with Gasteiger partial charge < -0.3 is 15.2 Å². The van der Waals surface area contributed by atoms with Crippen LogP contribution in [0.5, 0.6) is 5.75 Å². The second kappa shape index (κ2) is 4.61. The molecule has 0 aromatic heterocycles. The molecule has 19 heavy (non-hydrogen) atoms. The third-order valence-corrected chi connectivity index (χ3v) is 3.16. The van der Waals surface area contributed by atoms with Crippen molar-refractivity contribution in [2.75, 3.05) is 12.3 Å². The zero-order chi connectivity index (χ0) is 14.2. The van der Waals surface area contributed by atoms with Crippen LogP contribution in [0.3, 0.4) is 0 Å². The van der Waals surface area contributed by atoms with Gasteiger partial charge in [0.05, 0.1) is 12.3 Å². The summed E-state index contributed by atoms with van der Waals surface area (Å²) in [6.07, 6.45) is 0.632. The van der Waals surface area contributed by atoms with Gasteiger partial charge in [0.2, 0.25) is 0 Å². The Morgan fingerprint density at radius 3 is 2.74 bits per heavy atom. The maximum atomic E-state index is 11.3. The topological polar surface area (TPSA) is 61.5 Å². The molecule has 0 bridgehead atoms. The summed E-state index contributed by atoms with van der Waals surface area (Å²) >= 11 is 0. The standard InChI is InChI=1S/C15H19NO3/c1-9(2)14(17)18-6-5-10-7-11-13(12(16)8-10)19-15(11,3)4/h7-8H,1,5-6,16H2,2-4H3. The largest absolute Gasteiger partial charge is 0.480 e. The maximum Gasteiger partial charge on any atom is 0.333 e. The quantitative estimate of drug-likeness (QED) is 0.514. The van der Waals surface area contributed by atoms with E-state index in [-0.39, 0.29) is 11.6 Å². The van der Waals surface area contributed by atoms with E-state index in [0.29, 0.717) is 24.3 Å². The van der Waals surface area contributed by atoms with Gasteiger partial charge in [-0.3, -0.25) is 0 Å². The first-order valence-corrected chi connectivity index (χ1v) is 6.26. The molecule has 1 aromatic carbocycles. The van der Waals surface area contributed by atoms with Crippen molar-refractivity contribution in [3.63, 3.8) is 0 Å². The average Bonchev–Trinajstić information content (AvgIpc) is 2.31. The minimum Gasteiger partial charge on any atom is -0.480 e. The highest BCUT2D eigenvalue weighted by molar-refractivity contribution is 5.86. The van der Waals surface area contributed by atoms with Gasteiger partial charge in [-0.1, -0.05) is 6.58 Å². The Labute approximate surface area is 113 Å². The number of carbonyl (C=O) groups excluding carboxylic acids is 1. The first-order chi connectivity index (χ1) is 8.81. The molecule has 102 valence electrons. The van der Waals surface area contributed by atoms with Crippen LogP contribution < -0.4 is 10.5 Å². The van der Waals surface area contributed by atoms with Crippen LogP contribution in [0.2, 0.25) is 0 Å². The fourth-order valence-corrected chi connectivity index (χ4v) is 2.07. The van der Waals surface area contributed by atoms with E-state index in [1.807, 2.05) is 19.9 Å². The van der Waals surface area contributed by atoms with E-state index >= 15 is 0 Å². The number of benzene rings is 1. The van der Waals surface area contributed by atoms with Crippen LogP contribution in [0.15, 0.2) is 24.3 Å². The van der Waals surface area contributed by atoms with Gasteiger partial charge in [0, 0.05) is 17.6 Å². The second-order valence-corrected chi connectivity index (χ2v) is 5.34. The van der Waals surface area contributed by atoms with Gasteiger partial charge in [-0.2, -0.15) is 0 Å². The molecule has 2 N–H and O–H groups in total. The van der Waals surface area contributed by atoms with Crippen LogP contribution in [-0.2, 0) is 21.6 Å².